The maximum atomic E-state index is 15.9. The van der Waals surface area contributed by atoms with Crippen LogP contribution in [0.15, 0.2) is 54.6 Å². The number of halogens is 5. The Morgan fingerprint density at radius 2 is 1.28 bits per heavy atom. The number of hydrogen-bond donors (Lipinski definition) is 3. The Labute approximate surface area is 636 Å². The summed E-state index contributed by atoms with van der Waals surface area (Å²) in [6.45, 7) is 11.7. The van der Waals surface area contributed by atoms with E-state index >= 15 is 51.9 Å². The van der Waals surface area contributed by atoms with Crippen LogP contribution in [0, 0.1) is 28.9 Å². The number of aryl methyl sites for hydroxylation is 1. The number of ether oxygens (including phenoxy) is 1. The van der Waals surface area contributed by atoms with Crippen molar-refractivity contribution in [1.29, 1.82) is 0 Å². The number of fused-ring (bicyclic) bond motifs is 22. The summed E-state index contributed by atoms with van der Waals surface area (Å²) in [6, 6.07) is -3.21. The molecule has 25 nitrogen and oxygen atoms in total. The van der Waals surface area contributed by atoms with Crippen LogP contribution in [0.2, 0.25) is 0 Å². The van der Waals surface area contributed by atoms with Gasteiger partial charge in [0.15, 0.2) is 0 Å². The molecule has 7 heterocycles. The number of likely N-dealkylation sites (tertiary alicyclic amines) is 1. The van der Waals surface area contributed by atoms with Crippen LogP contribution in [0.25, 0.3) is 6.08 Å². The molecule has 1 saturated carbocycles. The minimum Gasteiger partial charge on any atom is -0.377 e. The maximum Gasteiger partial charge on any atom is 0.422 e. The van der Waals surface area contributed by atoms with E-state index < -0.39 is 204 Å². The van der Waals surface area contributed by atoms with Gasteiger partial charge >= 0.3 is 6.18 Å². The third-order valence-corrected chi connectivity index (χ3v) is 22.9. The molecular formula is C79H111F5N12O13. The van der Waals surface area contributed by atoms with Crippen molar-refractivity contribution in [1.82, 2.24) is 60.0 Å². The smallest absolute Gasteiger partial charge is 0.377 e. The molecule has 0 unspecified atom stereocenters. The molecule has 10 atom stereocenters. The van der Waals surface area contributed by atoms with Crippen LogP contribution in [-0.4, -0.2) is 263 Å². The molecule has 3 fully saturated rings. The second-order valence-electron chi connectivity index (χ2n) is 31.3. The number of nitrogens with one attached hydrogen (secondary N) is 3. The van der Waals surface area contributed by atoms with E-state index in [9.17, 15) is 27.6 Å². The second kappa shape index (κ2) is 36.8. The molecule has 2 saturated heterocycles. The van der Waals surface area contributed by atoms with Gasteiger partial charge in [0.1, 0.15) is 71.1 Å². The highest BCUT2D eigenvalue weighted by Crippen LogP contribution is 2.50. The van der Waals surface area contributed by atoms with Gasteiger partial charge in [-0.15, -0.1) is 0 Å². The second-order valence-corrected chi connectivity index (χ2v) is 31.3. The summed E-state index contributed by atoms with van der Waals surface area (Å²) < 4.78 is 78.4. The number of allylic oxidation sites excluding steroid dienone is 1. The quantitative estimate of drug-likeness (QED) is 0.127. The Bertz CT molecular complexity index is 3720. The third kappa shape index (κ3) is 20.2. The highest BCUT2D eigenvalue weighted by molar-refractivity contribution is 6.01. The lowest BCUT2D eigenvalue weighted by molar-refractivity contribution is -0.161. The molecule has 0 aromatic heterocycles. The zero-order valence-electron chi connectivity index (χ0n) is 65.3. The van der Waals surface area contributed by atoms with Crippen molar-refractivity contribution >= 4 is 77.0 Å². The fraction of sp³-hybridized carbons (Fsp3) is 0.646. The average Bonchev–Trinajstić information content (AvgIpc) is 1.31. The van der Waals surface area contributed by atoms with E-state index in [0.717, 1.165) is 14.7 Å². The van der Waals surface area contributed by atoms with Gasteiger partial charge in [0, 0.05) is 87.9 Å². The largest absolute Gasteiger partial charge is 0.422 e. The minimum atomic E-state index is -5.42. The number of likely N-dealkylation sites (N-methyl/N-ethyl adjacent to an activating group) is 6. The van der Waals surface area contributed by atoms with Crippen LogP contribution in [0.1, 0.15) is 167 Å². The normalized spacial score (nSPS) is 26.8. The van der Waals surface area contributed by atoms with E-state index in [1.165, 1.54) is 66.8 Å². The molecule has 3 N–H and O–H groups in total. The van der Waals surface area contributed by atoms with Crippen molar-refractivity contribution in [2.24, 2.45) is 17.3 Å². The van der Waals surface area contributed by atoms with Crippen LogP contribution in [0.5, 0.6) is 0 Å². The lowest BCUT2D eigenvalue weighted by atomic mass is 9.58. The predicted molar refractivity (Wildman–Crippen MR) is 395 cm³/mol. The molecular weight excluding hydrogens is 1420 g/mol. The number of rotatable bonds is 11. The number of nitrogens with zero attached hydrogens (tertiary/aromatic N) is 9. The molecule has 2 aromatic rings. The average molecular weight is 1530 g/mol. The number of carbonyl (C=O) groups excluding carboxylic acids is 12. The molecule has 109 heavy (non-hydrogen) atoms. The van der Waals surface area contributed by atoms with Gasteiger partial charge in [-0.2, -0.15) is 13.2 Å². The molecule has 12 amide bonds. The SMILES string of the molecule is CCO[C@@H]1C[C@H]2C(=O)NC3(CC(C)(C)C3)C(=O)N(C)[C@@H](C(CC)CC)C(=O)N(C)[C@H](C(=O)N3CCCC3)CC(=O)N(C)[C@H]3CCCC=Cc4ccc(cc4)C[C@@H](C(=O)N(C)CC(=O)N[C@@H](CCc4cc(F)c(C(F)(F)F)c(F)c4)C(=O)N2C1)N1CC/C=C\C[C@@H](C1=O)N(C)C(=O)CN(C)C(=O)[C@H]([C@@H](C)CC)NC3=O. The van der Waals surface area contributed by atoms with Gasteiger partial charge in [-0.3, -0.25) is 57.5 Å². The van der Waals surface area contributed by atoms with Gasteiger partial charge in [0.2, 0.25) is 70.9 Å². The number of amides is 12. The highest BCUT2D eigenvalue weighted by Gasteiger charge is 2.59. The summed E-state index contributed by atoms with van der Waals surface area (Å²) in [4.78, 5) is 195. The minimum absolute atomic E-state index is 0.0214. The van der Waals surface area contributed by atoms with Crippen molar-refractivity contribution in [2.45, 2.75) is 224 Å². The first-order chi connectivity index (χ1) is 51.4. The van der Waals surface area contributed by atoms with E-state index in [2.05, 4.69) is 16.0 Å². The highest BCUT2D eigenvalue weighted by atomic mass is 19.4. The molecule has 7 aliphatic heterocycles. The van der Waals surface area contributed by atoms with Crippen LogP contribution >= 0.6 is 0 Å². The fourth-order valence-corrected chi connectivity index (χ4v) is 16.5. The van der Waals surface area contributed by atoms with Gasteiger partial charge in [0.25, 0.3) is 0 Å². The van der Waals surface area contributed by atoms with Gasteiger partial charge in [-0.25, -0.2) is 8.78 Å². The number of benzene rings is 2. The van der Waals surface area contributed by atoms with E-state index in [-0.39, 0.29) is 70.2 Å². The third-order valence-electron chi connectivity index (χ3n) is 22.9. The Hall–Kier alpha value is -8.83. The van der Waals surface area contributed by atoms with Gasteiger partial charge < -0.3 is 64.8 Å². The number of alkyl halides is 3. The van der Waals surface area contributed by atoms with Crippen molar-refractivity contribution in [2.75, 3.05) is 88.2 Å². The van der Waals surface area contributed by atoms with Gasteiger partial charge in [0.05, 0.1) is 25.6 Å². The van der Waals surface area contributed by atoms with E-state index in [4.69, 9.17) is 4.74 Å². The summed E-state index contributed by atoms with van der Waals surface area (Å²) in [5.74, 6) is -14.0. The Morgan fingerprint density at radius 3 is 1.88 bits per heavy atom. The van der Waals surface area contributed by atoms with Crippen molar-refractivity contribution in [3.8, 4) is 0 Å². The number of hydrogen-bond acceptors (Lipinski definition) is 13. The molecule has 30 heteroatoms. The summed E-state index contributed by atoms with van der Waals surface area (Å²) in [5.41, 5.74) is -3.57. The molecule has 0 radical (unpaired) electrons. The Balaban J connectivity index is 1.29. The lowest BCUT2D eigenvalue weighted by Gasteiger charge is -2.54. The fourth-order valence-electron chi connectivity index (χ4n) is 16.5. The Morgan fingerprint density at radius 1 is 0.642 bits per heavy atom. The molecule has 10 rings (SSSR count). The lowest BCUT2D eigenvalue weighted by Crippen LogP contribution is -2.71. The summed E-state index contributed by atoms with van der Waals surface area (Å²) >= 11 is 0. The predicted octanol–water partition coefficient (Wildman–Crippen LogP) is 6.29. The molecule has 600 valence electrons. The van der Waals surface area contributed by atoms with E-state index in [1.807, 2.05) is 46.8 Å². The summed E-state index contributed by atoms with van der Waals surface area (Å²) in [5, 5.41) is 8.59. The Kier molecular flexibility index (Phi) is 29.0. The first-order valence-electron chi connectivity index (χ1n) is 38.3. The van der Waals surface area contributed by atoms with Crippen LogP contribution in [0.4, 0.5) is 22.0 Å². The topological polar surface area (TPSA) is 279 Å². The number of carbonyl (C=O) groups is 12. The molecule has 1 spiro atoms. The van der Waals surface area contributed by atoms with Crippen molar-refractivity contribution in [3.63, 3.8) is 0 Å². The summed E-state index contributed by atoms with van der Waals surface area (Å²) in [7, 11) is 8.31. The van der Waals surface area contributed by atoms with Crippen molar-refractivity contribution in [3.05, 3.63) is 88.5 Å². The zero-order chi connectivity index (χ0) is 80.3. The molecule has 1 aliphatic carbocycles. The standard InChI is InChI=1S/C79H111F5N12O13/c1-14-48(5)66-74(106)89(9)45-64(99)91(11)58-28-22-19-23-37-95(73(58)105)61-40-50-31-29-49(30-32-50)26-20-18-21-27-57(68(100)86-66)90(10)63(98)42-60(72(104)94-35-24-25-36-94)92(12)75(107)67(52(15-2)16-3)93(13)76(108)78(46-77(6,7)47-78)87-69(101)59-41-53(109-17-4)43-96(59)70(102)56(85-62(97)44-88(8)71(61)103)34-33-51-38-54(80)65(55(81)39-51)79(82,83)84/h19-20,22,26,29-32,38-39,48,52-53,56-61,66-67H,14-18,21,23-25,27-28,33-37,40-47H2,1-13H3,(H,85,97)(H,86,100)(H,87,101)/b22-19-,26-20?/t48-,53+,56-,57-,58-,59-,60-,61-,66-,67-/m0/s1. The van der Waals surface area contributed by atoms with Gasteiger partial charge in [-0.1, -0.05) is 109 Å². The first-order valence-corrected chi connectivity index (χ1v) is 38.3. The monoisotopic (exact) mass is 1530 g/mol. The van der Waals surface area contributed by atoms with E-state index in [0.29, 0.717) is 81.3 Å². The van der Waals surface area contributed by atoms with Crippen LogP contribution in [-0.2, 0) is 81.3 Å². The van der Waals surface area contributed by atoms with E-state index in [1.54, 1.807) is 55.2 Å². The maximum absolute atomic E-state index is 15.9. The zero-order valence-corrected chi connectivity index (χ0v) is 65.3. The molecule has 8 aliphatic rings. The molecule has 6 bridgehead atoms. The van der Waals surface area contributed by atoms with Gasteiger partial charge in [-0.05, 0) is 124 Å². The van der Waals surface area contributed by atoms with Crippen molar-refractivity contribution < 1.29 is 84.2 Å². The molecule has 2 aromatic carbocycles. The summed E-state index contributed by atoms with van der Waals surface area (Å²) in [6.07, 6.45) is 2.23. The van der Waals surface area contributed by atoms with Crippen LogP contribution in [0.3, 0.4) is 0 Å². The van der Waals surface area contributed by atoms with Crippen LogP contribution < -0.4 is 16.0 Å². The first kappa shape index (κ1) is 85.8.